The Hall–Kier alpha value is -3.19. The predicted octanol–water partition coefficient (Wildman–Crippen LogP) is 4.00. The van der Waals surface area contributed by atoms with E-state index in [9.17, 15) is 8.42 Å². The Morgan fingerprint density at radius 3 is 2.58 bits per heavy atom. The van der Waals surface area contributed by atoms with E-state index >= 15 is 0 Å². The van der Waals surface area contributed by atoms with Crippen LogP contribution < -0.4 is 4.72 Å². The van der Waals surface area contributed by atoms with Crippen LogP contribution in [0.5, 0.6) is 0 Å². The van der Waals surface area contributed by atoms with E-state index in [1.54, 1.807) is 54.7 Å². The first-order chi connectivity index (χ1) is 12.5. The van der Waals surface area contributed by atoms with Crippen molar-refractivity contribution in [3.63, 3.8) is 0 Å². The maximum atomic E-state index is 12.6. The first-order valence-corrected chi connectivity index (χ1v) is 9.42. The number of aryl methyl sites for hydroxylation is 1. The first-order valence-electron chi connectivity index (χ1n) is 7.93. The maximum Gasteiger partial charge on any atom is 0.261 e. The quantitative estimate of drug-likeness (QED) is 0.591. The number of pyridine rings is 1. The average Bonchev–Trinajstić information content (AvgIpc) is 3.08. The number of aromatic nitrogens is 2. The second kappa shape index (κ2) is 6.27. The van der Waals surface area contributed by atoms with E-state index in [1.807, 2.05) is 19.1 Å². The molecule has 0 bridgehead atoms. The molecule has 0 saturated heterocycles. The van der Waals surface area contributed by atoms with E-state index in [0.717, 1.165) is 5.56 Å². The minimum atomic E-state index is -3.67. The zero-order valence-electron chi connectivity index (χ0n) is 13.9. The number of oxazole rings is 1. The van der Waals surface area contributed by atoms with Crippen LogP contribution in [0.4, 0.5) is 5.69 Å². The van der Waals surface area contributed by atoms with Gasteiger partial charge < -0.3 is 4.42 Å². The van der Waals surface area contributed by atoms with Crippen LogP contribution in [0.15, 0.2) is 76.2 Å². The molecule has 4 aromatic rings. The summed E-state index contributed by atoms with van der Waals surface area (Å²) in [5, 5.41) is 0. The molecule has 7 heteroatoms. The third-order valence-corrected chi connectivity index (χ3v) is 5.33. The monoisotopic (exact) mass is 365 g/mol. The molecule has 0 radical (unpaired) electrons. The number of hydrogen-bond acceptors (Lipinski definition) is 5. The van der Waals surface area contributed by atoms with Crippen LogP contribution in [0.25, 0.3) is 22.7 Å². The SMILES string of the molecule is Cc1ccc(-c2nc3ncccc3o2)cc1NS(=O)(=O)c1ccccc1. The third-order valence-electron chi connectivity index (χ3n) is 3.95. The van der Waals surface area contributed by atoms with Gasteiger partial charge in [-0.15, -0.1) is 0 Å². The molecule has 0 aliphatic heterocycles. The molecule has 0 amide bonds. The molecule has 0 aliphatic rings. The summed E-state index contributed by atoms with van der Waals surface area (Å²) in [6.07, 6.45) is 1.64. The normalized spacial score (nSPS) is 11.6. The molecule has 2 heterocycles. The van der Waals surface area contributed by atoms with Gasteiger partial charge in [0.1, 0.15) is 0 Å². The van der Waals surface area contributed by atoms with Gasteiger partial charge in [0.2, 0.25) is 5.89 Å². The molecule has 0 fully saturated rings. The van der Waals surface area contributed by atoms with E-state index in [4.69, 9.17) is 4.42 Å². The predicted molar refractivity (Wildman–Crippen MR) is 99.2 cm³/mol. The lowest BCUT2D eigenvalue weighted by molar-refractivity contribution is 0.601. The van der Waals surface area contributed by atoms with Gasteiger partial charge in [-0.2, -0.15) is 4.98 Å². The average molecular weight is 365 g/mol. The molecule has 0 aliphatic carbocycles. The van der Waals surface area contributed by atoms with Crippen molar-refractivity contribution in [1.82, 2.24) is 9.97 Å². The summed E-state index contributed by atoms with van der Waals surface area (Å²) < 4.78 is 33.5. The number of anilines is 1. The van der Waals surface area contributed by atoms with Gasteiger partial charge >= 0.3 is 0 Å². The van der Waals surface area contributed by atoms with Crippen molar-refractivity contribution in [3.05, 3.63) is 72.4 Å². The molecule has 0 atom stereocenters. The van der Waals surface area contributed by atoms with E-state index in [0.29, 0.717) is 28.4 Å². The second-order valence-electron chi connectivity index (χ2n) is 5.79. The molecule has 26 heavy (non-hydrogen) atoms. The highest BCUT2D eigenvalue weighted by molar-refractivity contribution is 7.92. The van der Waals surface area contributed by atoms with Gasteiger partial charge in [0, 0.05) is 11.8 Å². The van der Waals surface area contributed by atoms with Crippen molar-refractivity contribution >= 4 is 26.9 Å². The molecular weight excluding hydrogens is 350 g/mol. The highest BCUT2D eigenvalue weighted by Gasteiger charge is 2.16. The topological polar surface area (TPSA) is 85.1 Å². The Bertz CT molecular complexity index is 1150. The van der Waals surface area contributed by atoms with Crippen LogP contribution in [0, 0.1) is 6.92 Å². The Balaban J connectivity index is 1.73. The van der Waals surface area contributed by atoms with E-state index in [-0.39, 0.29) is 4.90 Å². The van der Waals surface area contributed by atoms with Crippen LogP contribution in [0.1, 0.15) is 5.56 Å². The minimum absolute atomic E-state index is 0.205. The Morgan fingerprint density at radius 2 is 1.81 bits per heavy atom. The van der Waals surface area contributed by atoms with E-state index < -0.39 is 10.0 Å². The highest BCUT2D eigenvalue weighted by atomic mass is 32.2. The number of fused-ring (bicyclic) bond motifs is 1. The summed E-state index contributed by atoms with van der Waals surface area (Å²) in [7, 11) is -3.67. The van der Waals surface area contributed by atoms with Crippen LogP contribution in [0.3, 0.4) is 0 Å². The fourth-order valence-electron chi connectivity index (χ4n) is 2.56. The molecule has 0 saturated carbocycles. The van der Waals surface area contributed by atoms with Gasteiger partial charge in [0.15, 0.2) is 11.2 Å². The second-order valence-corrected chi connectivity index (χ2v) is 7.47. The van der Waals surface area contributed by atoms with Crippen molar-refractivity contribution in [2.45, 2.75) is 11.8 Å². The molecule has 4 rings (SSSR count). The Labute approximate surface area is 150 Å². The van der Waals surface area contributed by atoms with Crippen molar-refractivity contribution in [2.75, 3.05) is 4.72 Å². The number of nitrogens with zero attached hydrogens (tertiary/aromatic N) is 2. The lowest BCUT2D eigenvalue weighted by Gasteiger charge is -2.11. The molecule has 2 aromatic heterocycles. The maximum absolute atomic E-state index is 12.6. The fourth-order valence-corrected chi connectivity index (χ4v) is 3.70. The Morgan fingerprint density at radius 1 is 1.00 bits per heavy atom. The largest absolute Gasteiger partial charge is 0.434 e. The number of nitrogens with one attached hydrogen (secondary N) is 1. The summed E-state index contributed by atoms with van der Waals surface area (Å²) in [5.41, 5.74) is 3.02. The lowest BCUT2D eigenvalue weighted by atomic mass is 10.1. The van der Waals surface area contributed by atoms with E-state index in [2.05, 4.69) is 14.7 Å². The molecular formula is C19H15N3O3S. The summed E-state index contributed by atoms with van der Waals surface area (Å²) in [6, 6.07) is 17.2. The van der Waals surface area contributed by atoms with Crippen LogP contribution in [0.2, 0.25) is 0 Å². The smallest absolute Gasteiger partial charge is 0.261 e. The highest BCUT2D eigenvalue weighted by Crippen LogP contribution is 2.28. The summed E-state index contributed by atoms with van der Waals surface area (Å²) in [5.74, 6) is 0.388. The van der Waals surface area contributed by atoms with Gasteiger partial charge in [-0.3, -0.25) is 4.72 Å². The van der Waals surface area contributed by atoms with Crippen LogP contribution in [-0.4, -0.2) is 18.4 Å². The van der Waals surface area contributed by atoms with Gasteiger partial charge in [-0.05, 0) is 48.9 Å². The standard InChI is InChI=1S/C19H15N3O3S/c1-13-9-10-14(19-21-18-17(25-19)8-5-11-20-18)12-16(13)22-26(23,24)15-6-3-2-4-7-15/h2-12,22H,1H3. The lowest BCUT2D eigenvalue weighted by Crippen LogP contribution is -2.13. The van der Waals surface area contributed by atoms with Gasteiger partial charge in [-0.1, -0.05) is 24.3 Å². The molecule has 6 nitrogen and oxygen atoms in total. The number of sulfonamides is 1. The Kier molecular flexibility index (Phi) is 3.93. The molecule has 1 N–H and O–H groups in total. The summed E-state index contributed by atoms with van der Waals surface area (Å²) in [4.78, 5) is 8.71. The molecule has 2 aromatic carbocycles. The minimum Gasteiger partial charge on any atom is -0.434 e. The molecule has 0 spiro atoms. The van der Waals surface area contributed by atoms with E-state index in [1.165, 1.54) is 0 Å². The van der Waals surface area contributed by atoms with Crippen LogP contribution in [-0.2, 0) is 10.0 Å². The van der Waals surface area contributed by atoms with Gasteiger partial charge in [-0.25, -0.2) is 13.4 Å². The number of hydrogen-bond donors (Lipinski definition) is 1. The van der Waals surface area contributed by atoms with Gasteiger partial charge in [0.25, 0.3) is 10.0 Å². The zero-order valence-corrected chi connectivity index (χ0v) is 14.7. The summed E-state index contributed by atoms with van der Waals surface area (Å²) in [6.45, 7) is 1.83. The van der Waals surface area contributed by atoms with Crippen LogP contribution >= 0.6 is 0 Å². The zero-order chi connectivity index (χ0) is 18.1. The third kappa shape index (κ3) is 3.04. The molecule has 130 valence electrons. The van der Waals surface area contributed by atoms with Crippen molar-refractivity contribution < 1.29 is 12.8 Å². The first kappa shape index (κ1) is 16.3. The fraction of sp³-hybridized carbons (Fsp3) is 0.0526. The summed E-state index contributed by atoms with van der Waals surface area (Å²) >= 11 is 0. The number of rotatable bonds is 4. The van der Waals surface area contributed by atoms with Crippen molar-refractivity contribution in [3.8, 4) is 11.5 Å². The van der Waals surface area contributed by atoms with Gasteiger partial charge in [0.05, 0.1) is 10.6 Å². The number of benzene rings is 2. The van der Waals surface area contributed by atoms with Crippen molar-refractivity contribution in [2.24, 2.45) is 0 Å². The van der Waals surface area contributed by atoms with Crippen molar-refractivity contribution in [1.29, 1.82) is 0 Å². The molecule has 0 unspecified atom stereocenters.